The van der Waals surface area contributed by atoms with Gasteiger partial charge in [0.25, 0.3) is 0 Å². The van der Waals surface area contributed by atoms with Crippen LogP contribution in [0.5, 0.6) is 0 Å². The van der Waals surface area contributed by atoms with Crippen molar-refractivity contribution in [1.82, 2.24) is 4.90 Å². The lowest BCUT2D eigenvalue weighted by atomic mass is 9.91. The van der Waals surface area contributed by atoms with Crippen molar-refractivity contribution in [3.05, 3.63) is 0 Å². The molecule has 0 spiro atoms. The van der Waals surface area contributed by atoms with E-state index in [0.717, 1.165) is 17.9 Å². The van der Waals surface area contributed by atoms with Crippen molar-refractivity contribution in [2.45, 2.75) is 53.0 Å². The van der Waals surface area contributed by atoms with E-state index >= 15 is 0 Å². The molecule has 1 rings (SSSR count). The van der Waals surface area contributed by atoms with Gasteiger partial charge in [0, 0.05) is 12.0 Å². The van der Waals surface area contributed by atoms with Crippen LogP contribution < -0.4 is 0 Å². The van der Waals surface area contributed by atoms with E-state index in [4.69, 9.17) is 4.74 Å². The fraction of sp³-hybridized carbons (Fsp3) is 0.833. The first-order valence-corrected chi connectivity index (χ1v) is 10.7. The van der Waals surface area contributed by atoms with Gasteiger partial charge in [0.2, 0.25) is 5.91 Å². The van der Waals surface area contributed by atoms with E-state index in [9.17, 15) is 14.4 Å². The van der Waals surface area contributed by atoms with Crippen LogP contribution in [0, 0.1) is 11.3 Å². The predicted octanol–water partition coefficient (Wildman–Crippen LogP) is 2.83. The highest BCUT2D eigenvalue weighted by molar-refractivity contribution is 7.99. The Morgan fingerprint density at radius 1 is 1.28 bits per heavy atom. The summed E-state index contributed by atoms with van der Waals surface area (Å²) >= 11 is 5.75. The van der Waals surface area contributed by atoms with Gasteiger partial charge < -0.3 is 9.64 Å². The average molecular weight is 390 g/mol. The minimum atomic E-state index is -0.545. The Morgan fingerprint density at radius 3 is 2.52 bits per heavy atom. The van der Waals surface area contributed by atoms with Crippen LogP contribution in [0.2, 0.25) is 0 Å². The highest BCUT2D eigenvalue weighted by Gasteiger charge is 2.44. The van der Waals surface area contributed by atoms with Gasteiger partial charge in [0.1, 0.15) is 0 Å². The summed E-state index contributed by atoms with van der Waals surface area (Å²) in [6.07, 6.45) is 1.81. The molecular formula is C18H31NO4S2. The Hall–Kier alpha value is -0.690. The van der Waals surface area contributed by atoms with Crippen LogP contribution >= 0.6 is 24.4 Å². The van der Waals surface area contributed by atoms with Crippen LogP contribution in [-0.4, -0.2) is 59.0 Å². The molecule has 7 heteroatoms. The number of likely N-dealkylation sites (tertiary alicyclic amines) is 1. The molecule has 25 heavy (non-hydrogen) atoms. The van der Waals surface area contributed by atoms with Crippen molar-refractivity contribution in [2.75, 3.05) is 30.4 Å². The van der Waals surface area contributed by atoms with Crippen molar-refractivity contribution in [1.29, 1.82) is 0 Å². The van der Waals surface area contributed by atoms with E-state index < -0.39 is 11.5 Å². The first-order valence-electron chi connectivity index (χ1n) is 8.90. The molecular weight excluding hydrogens is 358 g/mol. The number of Topliss-reactive ketones (excluding diaryl/α,β-unsaturated/α-hetero) is 1. The van der Waals surface area contributed by atoms with Crippen molar-refractivity contribution >= 4 is 42.1 Å². The largest absolute Gasteiger partial charge is 0.466 e. The summed E-state index contributed by atoms with van der Waals surface area (Å²) in [7, 11) is 0. The summed E-state index contributed by atoms with van der Waals surface area (Å²) in [5, 5.41) is 0. The van der Waals surface area contributed by atoms with Gasteiger partial charge in [-0.05, 0) is 37.2 Å². The van der Waals surface area contributed by atoms with E-state index in [1.165, 1.54) is 0 Å². The summed E-state index contributed by atoms with van der Waals surface area (Å²) in [6.45, 7) is 8.19. The number of rotatable bonds is 9. The molecule has 2 unspecified atom stereocenters. The first kappa shape index (κ1) is 22.4. The molecule has 1 amide bonds. The van der Waals surface area contributed by atoms with Crippen molar-refractivity contribution < 1.29 is 19.1 Å². The molecule has 2 atom stereocenters. The molecule has 0 aromatic rings. The summed E-state index contributed by atoms with van der Waals surface area (Å²) in [5.74, 6) is 1.60. The van der Waals surface area contributed by atoms with Gasteiger partial charge in [-0.3, -0.25) is 14.4 Å². The summed E-state index contributed by atoms with van der Waals surface area (Å²) in [6, 6.07) is -0.514. The van der Waals surface area contributed by atoms with Crippen LogP contribution in [0.1, 0.15) is 47.0 Å². The third-order valence-corrected chi connectivity index (χ3v) is 5.56. The fourth-order valence-corrected chi connectivity index (χ4v) is 4.26. The van der Waals surface area contributed by atoms with Crippen molar-refractivity contribution in [2.24, 2.45) is 11.3 Å². The topological polar surface area (TPSA) is 63.7 Å². The number of hydrogen-bond acceptors (Lipinski definition) is 6. The average Bonchev–Trinajstić information content (AvgIpc) is 2.93. The normalized spacial score (nSPS) is 20.6. The van der Waals surface area contributed by atoms with Gasteiger partial charge in [-0.1, -0.05) is 20.8 Å². The lowest BCUT2D eigenvalue weighted by molar-refractivity contribution is -0.147. The van der Waals surface area contributed by atoms with Gasteiger partial charge in [-0.25, -0.2) is 0 Å². The van der Waals surface area contributed by atoms with E-state index in [1.54, 1.807) is 23.6 Å². The number of amides is 1. The Labute approximate surface area is 161 Å². The van der Waals surface area contributed by atoms with E-state index in [0.29, 0.717) is 25.3 Å². The van der Waals surface area contributed by atoms with Gasteiger partial charge in [-0.15, -0.1) is 0 Å². The summed E-state index contributed by atoms with van der Waals surface area (Å²) < 4.78 is 5.04. The number of carbonyl (C=O) groups excluding carboxylic acids is 3. The monoisotopic (exact) mass is 389 g/mol. The molecule has 5 nitrogen and oxygen atoms in total. The molecule has 1 aliphatic heterocycles. The second-order valence-corrected chi connectivity index (χ2v) is 8.90. The number of nitrogens with zero attached hydrogens (tertiary/aromatic N) is 1. The molecule has 0 aromatic heterocycles. The van der Waals surface area contributed by atoms with Crippen molar-refractivity contribution in [3.8, 4) is 0 Å². The molecule has 144 valence electrons. The Bertz CT molecular complexity index is 476. The zero-order chi connectivity index (χ0) is 19.0. The third-order valence-electron chi connectivity index (χ3n) is 4.18. The van der Waals surface area contributed by atoms with E-state index in [-0.39, 0.29) is 30.0 Å². The van der Waals surface area contributed by atoms with Gasteiger partial charge >= 0.3 is 5.97 Å². The number of ketones is 1. The zero-order valence-electron chi connectivity index (χ0n) is 15.7. The molecule has 0 aromatic carbocycles. The molecule has 0 saturated carbocycles. The van der Waals surface area contributed by atoms with Gasteiger partial charge in [0.15, 0.2) is 5.78 Å². The van der Waals surface area contributed by atoms with E-state index in [2.05, 4.69) is 12.6 Å². The molecule has 0 bridgehead atoms. The maximum absolute atomic E-state index is 12.8. The van der Waals surface area contributed by atoms with E-state index in [1.807, 2.05) is 20.8 Å². The number of thioether (sulfide) groups is 1. The number of hydrogen-bond donors (Lipinski definition) is 1. The first-order chi connectivity index (χ1) is 11.7. The standard InChI is InChI=1S/C18H31NO4S2/c1-5-23-15(21)11-13-7-8-19(17(22)18(2,3)4)16(13)14(20)12-25-10-6-9-24/h13,16,24H,5-12H2,1-4H3. The molecule has 1 heterocycles. The maximum atomic E-state index is 12.8. The lowest BCUT2D eigenvalue weighted by Crippen LogP contribution is -2.48. The van der Waals surface area contributed by atoms with Gasteiger partial charge in [-0.2, -0.15) is 24.4 Å². The van der Waals surface area contributed by atoms with Crippen LogP contribution in [-0.2, 0) is 19.1 Å². The van der Waals surface area contributed by atoms with Crippen LogP contribution in [0.3, 0.4) is 0 Å². The van der Waals surface area contributed by atoms with Crippen molar-refractivity contribution in [3.63, 3.8) is 0 Å². The molecule has 0 aliphatic carbocycles. The minimum absolute atomic E-state index is 0.0300. The van der Waals surface area contributed by atoms with Crippen LogP contribution in [0.4, 0.5) is 0 Å². The summed E-state index contributed by atoms with van der Waals surface area (Å²) in [4.78, 5) is 39.1. The van der Waals surface area contributed by atoms with Crippen LogP contribution in [0.25, 0.3) is 0 Å². The third kappa shape index (κ3) is 6.85. The van der Waals surface area contributed by atoms with Gasteiger partial charge in [0.05, 0.1) is 24.8 Å². The van der Waals surface area contributed by atoms with Crippen LogP contribution in [0.15, 0.2) is 0 Å². The summed E-state index contributed by atoms with van der Waals surface area (Å²) in [5.41, 5.74) is -0.545. The SMILES string of the molecule is CCOC(=O)CC1CCN(C(=O)C(C)(C)C)C1C(=O)CSCCCS. The molecule has 1 saturated heterocycles. The highest BCUT2D eigenvalue weighted by Crippen LogP contribution is 2.32. The molecule has 1 aliphatic rings. The highest BCUT2D eigenvalue weighted by atomic mass is 32.2. The number of esters is 1. The quantitative estimate of drug-likeness (QED) is 0.373. The second-order valence-electron chi connectivity index (χ2n) is 7.35. The minimum Gasteiger partial charge on any atom is -0.466 e. The molecule has 0 radical (unpaired) electrons. The smallest absolute Gasteiger partial charge is 0.306 e. The predicted molar refractivity (Wildman–Crippen MR) is 105 cm³/mol. The Kier molecular flexibility index (Phi) is 9.35. The fourth-order valence-electron chi connectivity index (χ4n) is 3.02. The molecule has 0 N–H and O–H groups in total. The molecule has 1 fully saturated rings. The Morgan fingerprint density at radius 2 is 1.96 bits per heavy atom. The number of thiol groups is 1. The lowest BCUT2D eigenvalue weighted by Gasteiger charge is -2.32. The number of carbonyl (C=O) groups is 3. The number of ether oxygens (including phenoxy) is 1. The Balaban J connectivity index is 2.85. The second kappa shape index (κ2) is 10.5. The zero-order valence-corrected chi connectivity index (χ0v) is 17.5. The maximum Gasteiger partial charge on any atom is 0.306 e.